The van der Waals surface area contributed by atoms with Gasteiger partial charge in [0.25, 0.3) is 0 Å². The monoisotopic (exact) mass is 346 g/mol. The van der Waals surface area contributed by atoms with Crippen LogP contribution in [0.15, 0.2) is 23.2 Å². The molecule has 5 heteroatoms. The summed E-state index contributed by atoms with van der Waals surface area (Å²) >= 11 is 0. The molecule has 0 saturated heterocycles. The maximum Gasteiger partial charge on any atom is 0.191 e. The van der Waals surface area contributed by atoms with Crippen molar-refractivity contribution < 1.29 is 4.74 Å². The Kier molecular flexibility index (Phi) is 8.19. The van der Waals surface area contributed by atoms with E-state index in [9.17, 15) is 0 Å². The normalized spacial score (nSPS) is 16.8. The number of pyridine rings is 1. The van der Waals surface area contributed by atoms with E-state index in [0.29, 0.717) is 12.0 Å². The summed E-state index contributed by atoms with van der Waals surface area (Å²) < 4.78 is 5.61. The lowest BCUT2D eigenvalue weighted by molar-refractivity contribution is 0.105. The molecule has 1 fully saturated rings. The fourth-order valence-electron chi connectivity index (χ4n) is 3.53. The summed E-state index contributed by atoms with van der Waals surface area (Å²) in [6, 6.07) is 6.08. The van der Waals surface area contributed by atoms with Gasteiger partial charge in [0.1, 0.15) is 0 Å². The van der Waals surface area contributed by atoms with Crippen LogP contribution in [0.5, 0.6) is 0 Å². The summed E-state index contributed by atoms with van der Waals surface area (Å²) in [5.41, 5.74) is 2.39. The number of aromatic nitrogens is 1. The summed E-state index contributed by atoms with van der Waals surface area (Å²) in [5, 5.41) is 6.93. The smallest absolute Gasteiger partial charge is 0.191 e. The minimum absolute atomic E-state index is 0.354. The maximum atomic E-state index is 5.61. The van der Waals surface area contributed by atoms with Gasteiger partial charge in [0.05, 0.1) is 12.2 Å². The molecule has 1 aliphatic rings. The predicted molar refractivity (Wildman–Crippen MR) is 104 cm³/mol. The molecule has 0 amide bonds. The molecule has 0 aromatic carbocycles. The molecule has 0 bridgehead atoms. The molecule has 0 spiro atoms. The second-order valence-electron chi connectivity index (χ2n) is 6.97. The summed E-state index contributed by atoms with van der Waals surface area (Å²) in [6.45, 7) is 10.3. The standard InChI is InChI=1S/C20H34N4O/c1-4-21-19(22-15-18-10-8-9-17(3)24-18)23-16-20(11-6-7-12-20)13-14-25-5-2/h8-10H,4-7,11-16H2,1-3H3,(H2,21,22,23). The fourth-order valence-corrected chi connectivity index (χ4v) is 3.53. The van der Waals surface area contributed by atoms with Gasteiger partial charge in [-0.25, -0.2) is 4.99 Å². The third kappa shape index (κ3) is 6.65. The lowest BCUT2D eigenvalue weighted by Gasteiger charge is -2.30. The molecular formula is C20H34N4O. The van der Waals surface area contributed by atoms with Crippen molar-refractivity contribution in [3.8, 4) is 0 Å². The first-order valence-corrected chi connectivity index (χ1v) is 9.70. The molecule has 25 heavy (non-hydrogen) atoms. The van der Waals surface area contributed by atoms with E-state index in [1.54, 1.807) is 0 Å². The number of nitrogens with zero attached hydrogens (tertiary/aromatic N) is 2. The van der Waals surface area contributed by atoms with Gasteiger partial charge < -0.3 is 15.4 Å². The summed E-state index contributed by atoms with van der Waals surface area (Å²) in [6.07, 6.45) is 6.36. The number of aryl methyl sites for hydroxylation is 1. The van der Waals surface area contributed by atoms with Crippen LogP contribution in [0, 0.1) is 12.3 Å². The van der Waals surface area contributed by atoms with Crippen LogP contribution in [-0.2, 0) is 11.3 Å². The van der Waals surface area contributed by atoms with Crippen LogP contribution in [0.4, 0.5) is 0 Å². The minimum Gasteiger partial charge on any atom is -0.382 e. The van der Waals surface area contributed by atoms with Crippen molar-refractivity contribution >= 4 is 5.96 Å². The van der Waals surface area contributed by atoms with E-state index in [-0.39, 0.29) is 0 Å². The van der Waals surface area contributed by atoms with Crippen molar-refractivity contribution in [3.63, 3.8) is 0 Å². The molecule has 5 nitrogen and oxygen atoms in total. The molecule has 0 unspecified atom stereocenters. The number of aliphatic imine (C=N–C) groups is 1. The Labute approximate surface area is 152 Å². The lowest BCUT2D eigenvalue weighted by atomic mass is 9.83. The summed E-state index contributed by atoms with van der Waals surface area (Å²) in [5.74, 6) is 0.883. The largest absolute Gasteiger partial charge is 0.382 e. The Morgan fingerprint density at radius 3 is 2.72 bits per heavy atom. The van der Waals surface area contributed by atoms with E-state index in [0.717, 1.165) is 50.1 Å². The average molecular weight is 347 g/mol. The van der Waals surface area contributed by atoms with Crippen molar-refractivity contribution in [2.75, 3.05) is 26.3 Å². The van der Waals surface area contributed by atoms with E-state index in [4.69, 9.17) is 9.73 Å². The van der Waals surface area contributed by atoms with Crippen LogP contribution in [-0.4, -0.2) is 37.2 Å². The van der Waals surface area contributed by atoms with E-state index < -0.39 is 0 Å². The third-order valence-electron chi connectivity index (χ3n) is 4.97. The van der Waals surface area contributed by atoms with Gasteiger partial charge in [-0.2, -0.15) is 0 Å². The van der Waals surface area contributed by atoms with Gasteiger partial charge >= 0.3 is 0 Å². The molecule has 2 N–H and O–H groups in total. The van der Waals surface area contributed by atoms with Crippen molar-refractivity contribution in [2.45, 2.75) is 59.4 Å². The van der Waals surface area contributed by atoms with Gasteiger partial charge in [-0.1, -0.05) is 18.9 Å². The topological polar surface area (TPSA) is 58.5 Å². The molecule has 1 heterocycles. The zero-order chi connectivity index (χ0) is 18.0. The highest BCUT2D eigenvalue weighted by atomic mass is 16.5. The Bertz CT molecular complexity index is 538. The minimum atomic E-state index is 0.354. The number of ether oxygens (including phenoxy) is 1. The quantitative estimate of drug-likeness (QED) is 0.409. The fraction of sp³-hybridized carbons (Fsp3) is 0.700. The lowest BCUT2D eigenvalue weighted by Crippen LogP contribution is -2.43. The molecule has 0 atom stereocenters. The van der Waals surface area contributed by atoms with Gasteiger partial charge in [-0.3, -0.25) is 4.98 Å². The first-order valence-electron chi connectivity index (χ1n) is 9.70. The highest BCUT2D eigenvalue weighted by Gasteiger charge is 2.33. The van der Waals surface area contributed by atoms with Gasteiger partial charge in [-0.15, -0.1) is 0 Å². The van der Waals surface area contributed by atoms with Crippen molar-refractivity contribution in [1.82, 2.24) is 15.6 Å². The third-order valence-corrected chi connectivity index (χ3v) is 4.97. The van der Waals surface area contributed by atoms with E-state index in [2.05, 4.69) is 29.5 Å². The van der Waals surface area contributed by atoms with Crippen molar-refractivity contribution in [3.05, 3.63) is 29.6 Å². The van der Waals surface area contributed by atoms with Crippen LogP contribution < -0.4 is 10.6 Å². The van der Waals surface area contributed by atoms with E-state index in [1.165, 1.54) is 25.7 Å². The Morgan fingerprint density at radius 2 is 2.04 bits per heavy atom. The van der Waals surface area contributed by atoms with E-state index >= 15 is 0 Å². The highest BCUT2D eigenvalue weighted by molar-refractivity contribution is 5.79. The first kappa shape index (κ1) is 19.7. The molecule has 1 aliphatic carbocycles. The number of rotatable bonds is 9. The van der Waals surface area contributed by atoms with Gasteiger partial charge in [0.15, 0.2) is 5.96 Å². The highest BCUT2D eigenvalue weighted by Crippen LogP contribution is 2.40. The van der Waals surface area contributed by atoms with Crippen LogP contribution in [0.1, 0.15) is 57.3 Å². The number of hydrogen-bond acceptors (Lipinski definition) is 3. The van der Waals surface area contributed by atoms with Crippen LogP contribution in [0.2, 0.25) is 0 Å². The van der Waals surface area contributed by atoms with Gasteiger partial charge in [0, 0.05) is 32.0 Å². The number of guanidine groups is 1. The second-order valence-corrected chi connectivity index (χ2v) is 6.97. The molecule has 1 aromatic rings. The Balaban J connectivity index is 1.93. The Morgan fingerprint density at radius 1 is 1.24 bits per heavy atom. The number of nitrogens with one attached hydrogen (secondary N) is 2. The molecule has 1 saturated carbocycles. The number of hydrogen-bond donors (Lipinski definition) is 2. The molecular weight excluding hydrogens is 312 g/mol. The molecule has 140 valence electrons. The van der Waals surface area contributed by atoms with Crippen molar-refractivity contribution in [2.24, 2.45) is 10.4 Å². The zero-order valence-corrected chi connectivity index (χ0v) is 16.1. The van der Waals surface area contributed by atoms with Crippen LogP contribution in [0.25, 0.3) is 0 Å². The van der Waals surface area contributed by atoms with Crippen molar-refractivity contribution in [1.29, 1.82) is 0 Å². The molecule has 2 rings (SSSR count). The first-order chi connectivity index (χ1) is 12.2. The predicted octanol–water partition coefficient (Wildman–Crippen LogP) is 3.43. The van der Waals surface area contributed by atoms with Crippen LogP contribution in [0.3, 0.4) is 0 Å². The average Bonchev–Trinajstić information content (AvgIpc) is 3.07. The van der Waals surface area contributed by atoms with Gasteiger partial charge in [-0.05, 0) is 57.6 Å². The maximum absolute atomic E-state index is 5.61. The second kappa shape index (κ2) is 10.4. The summed E-state index contributed by atoms with van der Waals surface area (Å²) in [4.78, 5) is 9.24. The molecule has 0 aliphatic heterocycles. The molecule has 0 radical (unpaired) electrons. The Hall–Kier alpha value is -1.62. The summed E-state index contributed by atoms with van der Waals surface area (Å²) in [7, 11) is 0. The van der Waals surface area contributed by atoms with E-state index in [1.807, 2.05) is 25.1 Å². The molecule has 1 aromatic heterocycles. The van der Waals surface area contributed by atoms with Gasteiger partial charge in [0.2, 0.25) is 0 Å². The van der Waals surface area contributed by atoms with Crippen LogP contribution >= 0.6 is 0 Å². The SMILES string of the molecule is CCNC(=NCc1cccc(C)n1)NCC1(CCOCC)CCCC1. The zero-order valence-electron chi connectivity index (χ0n) is 16.1.